The van der Waals surface area contributed by atoms with Crippen LogP contribution in [0.5, 0.6) is 0 Å². The smallest absolute Gasteiger partial charge is 0.0620 e. The van der Waals surface area contributed by atoms with Gasteiger partial charge in [-0.05, 0) is 36.4 Å². The molecule has 97 valence electrons. The normalized spacial score (nSPS) is 10.1. The van der Waals surface area contributed by atoms with Crippen LogP contribution in [0.2, 0.25) is 0 Å². The molecule has 0 amide bonds. The van der Waals surface area contributed by atoms with Crippen molar-refractivity contribution < 1.29 is 39.9 Å². The number of benzene rings is 3. The first kappa shape index (κ1) is 15.8. The fraction of sp³-hybridized carbons (Fsp3) is 0. The summed E-state index contributed by atoms with van der Waals surface area (Å²) in [5.41, 5.74) is 0. The van der Waals surface area contributed by atoms with Crippen molar-refractivity contribution in [1.29, 1.82) is 0 Å². The first-order valence-electron chi connectivity index (χ1n) is 6.48. The van der Waals surface area contributed by atoms with Crippen LogP contribution in [0, 0.1) is 39.9 Å². The Labute approximate surface area is 153 Å². The number of rotatable bonds is 3. The summed E-state index contributed by atoms with van der Waals surface area (Å²) in [5.74, 6) is 0. The van der Waals surface area contributed by atoms with E-state index in [1.165, 1.54) is 15.9 Å². The van der Waals surface area contributed by atoms with E-state index in [1.54, 1.807) is 0 Å². The molecule has 0 fully saturated rings. The maximum atomic E-state index is 2.24. The minimum atomic E-state index is -0.877. The van der Waals surface area contributed by atoms with Gasteiger partial charge in [0.15, 0.2) is 0 Å². The zero-order chi connectivity index (χ0) is 12.9. The first-order chi connectivity index (χ1) is 9.45. The third kappa shape index (κ3) is 3.74. The molecule has 0 atom stereocenters. The van der Waals surface area contributed by atoms with E-state index in [-0.39, 0.29) is 39.9 Å². The van der Waals surface area contributed by atoms with Crippen LogP contribution in [0.25, 0.3) is 0 Å². The molecule has 2 heteroatoms. The molecule has 3 aromatic rings. The summed E-state index contributed by atoms with van der Waals surface area (Å²) in [7, 11) is -0.877. The van der Waals surface area contributed by atoms with Crippen molar-refractivity contribution in [3.63, 3.8) is 0 Å². The fourth-order valence-electron chi connectivity index (χ4n) is 2.31. The monoisotopic (exact) mass is 421 g/mol. The molecule has 0 saturated carbocycles. The van der Waals surface area contributed by atoms with Gasteiger partial charge >= 0.3 is 39.9 Å². The maximum Gasteiger partial charge on any atom is 3.00 e. The minimum absolute atomic E-state index is 0. The summed E-state index contributed by atoms with van der Waals surface area (Å²) >= 11 is 0. The van der Waals surface area contributed by atoms with Crippen LogP contribution in [0.15, 0.2) is 91.0 Å². The summed E-state index contributed by atoms with van der Waals surface area (Å²) in [5, 5.41) is 4.31. The summed E-state index contributed by atoms with van der Waals surface area (Å²) in [4.78, 5) is 0. The van der Waals surface area contributed by atoms with Crippen LogP contribution in [0.4, 0.5) is 0 Å². The van der Waals surface area contributed by atoms with Gasteiger partial charge in [0, 0.05) is 0 Å². The third-order valence-electron chi connectivity index (χ3n) is 3.19. The van der Waals surface area contributed by atoms with Gasteiger partial charge in [0.2, 0.25) is 0 Å². The van der Waals surface area contributed by atoms with E-state index in [9.17, 15) is 0 Å². The maximum absolute atomic E-state index is 2.24. The molecule has 0 nitrogen and oxygen atoms in total. The van der Waals surface area contributed by atoms with E-state index in [0.29, 0.717) is 0 Å². The summed E-state index contributed by atoms with van der Waals surface area (Å²) < 4.78 is 0. The zero-order valence-electron chi connectivity index (χ0n) is 11.0. The second kappa shape index (κ2) is 8.00. The van der Waals surface area contributed by atoms with Gasteiger partial charge in [-0.25, -0.2) is 0 Å². The number of hydrogen-bond donors (Lipinski definition) is 0. The molecule has 1 radical (unpaired) electrons. The van der Waals surface area contributed by atoms with E-state index in [1.807, 2.05) is 0 Å². The molecular weight excluding hydrogens is 404 g/mol. The summed E-state index contributed by atoms with van der Waals surface area (Å²) in [6, 6.07) is 32.5. The van der Waals surface area contributed by atoms with Gasteiger partial charge < -0.3 is 0 Å². The summed E-state index contributed by atoms with van der Waals surface area (Å²) in [6.07, 6.45) is 0. The van der Waals surface area contributed by atoms with E-state index >= 15 is 0 Å². The van der Waals surface area contributed by atoms with E-state index < -0.39 is 7.92 Å². The molecule has 0 aliphatic rings. The Kier molecular flexibility index (Phi) is 6.32. The van der Waals surface area contributed by atoms with Crippen molar-refractivity contribution in [2.24, 2.45) is 0 Å². The molecule has 0 aliphatic heterocycles. The standard InChI is InChI=1S/C18H15P.Gd/c1-4-10-16(11-5-1)19(17-12-6-2-7-13-17)18-14-8-3-9-15-18;/h1-15H;/q;+3/p+1. The Balaban J connectivity index is 0.00000147. The molecule has 0 aliphatic carbocycles. The van der Waals surface area contributed by atoms with E-state index in [4.69, 9.17) is 0 Å². The Morgan fingerprint density at radius 3 is 0.900 bits per heavy atom. The largest absolute Gasteiger partial charge is 3.00 e. The predicted molar refractivity (Wildman–Crippen MR) is 86.5 cm³/mol. The SMILES string of the molecule is [Gd+3].c1ccc([PH+](c2ccccc2)c2ccccc2)cc1. The Bertz CT molecular complexity index is 529. The van der Waals surface area contributed by atoms with Crippen molar-refractivity contribution in [3.05, 3.63) is 91.0 Å². The van der Waals surface area contributed by atoms with Crippen molar-refractivity contribution >= 4 is 23.8 Å². The molecule has 0 bridgehead atoms. The molecule has 0 saturated heterocycles. The molecule has 3 aromatic carbocycles. The van der Waals surface area contributed by atoms with Gasteiger partial charge in [-0.1, -0.05) is 54.6 Å². The average molecular weight is 421 g/mol. The van der Waals surface area contributed by atoms with Gasteiger partial charge in [-0.3, -0.25) is 0 Å². The molecular formula is C18H16GdP+4. The average Bonchev–Trinajstić information content (AvgIpc) is 2.51. The van der Waals surface area contributed by atoms with Gasteiger partial charge in [0.05, 0.1) is 7.92 Å². The van der Waals surface area contributed by atoms with Gasteiger partial charge in [-0.15, -0.1) is 0 Å². The molecule has 0 N–H and O–H groups in total. The molecule has 0 heterocycles. The van der Waals surface area contributed by atoms with Crippen LogP contribution in [-0.2, 0) is 0 Å². The van der Waals surface area contributed by atoms with Crippen LogP contribution in [-0.4, -0.2) is 0 Å². The van der Waals surface area contributed by atoms with Crippen LogP contribution < -0.4 is 15.9 Å². The quantitative estimate of drug-likeness (QED) is 0.571. The second-order valence-corrected chi connectivity index (χ2v) is 6.96. The fourth-order valence-corrected chi connectivity index (χ4v) is 4.89. The first-order valence-corrected chi connectivity index (χ1v) is 7.98. The molecule has 0 spiro atoms. The van der Waals surface area contributed by atoms with Crippen LogP contribution in [0.3, 0.4) is 0 Å². The van der Waals surface area contributed by atoms with Crippen LogP contribution in [0.1, 0.15) is 0 Å². The van der Waals surface area contributed by atoms with Gasteiger partial charge in [0.25, 0.3) is 0 Å². The topological polar surface area (TPSA) is 0 Å². The second-order valence-electron chi connectivity index (χ2n) is 4.47. The Hall–Kier alpha value is -0.585. The van der Waals surface area contributed by atoms with Crippen molar-refractivity contribution in [2.45, 2.75) is 0 Å². The molecule has 3 rings (SSSR count). The van der Waals surface area contributed by atoms with Crippen molar-refractivity contribution in [1.82, 2.24) is 0 Å². The molecule has 0 aromatic heterocycles. The Morgan fingerprint density at radius 2 is 0.650 bits per heavy atom. The van der Waals surface area contributed by atoms with E-state index in [2.05, 4.69) is 91.0 Å². The molecule has 20 heavy (non-hydrogen) atoms. The van der Waals surface area contributed by atoms with Gasteiger partial charge in [-0.2, -0.15) is 0 Å². The van der Waals surface area contributed by atoms with Gasteiger partial charge in [0.1, 0.15) is 15.9 Å². The predicted octanol–water partition coefficient (Wildman–Crippen LogP) is 3.18. The van der Waals surface area contributed by atoms with Crippen molar-refractivity contribution in [3.8, 4) is 0 Å². The minimum Gasteiger partial charge on any atom is -0.0620 e. The van der Waals surface area contributed by atoms with Crippen LogP contribution >= 0.6 is 7.92 Å². The molecule has 0 unspecified atom stereocenters. The third-order valence-corrected chi connectivity index (χ3v) is 5.92. The number of hydrogen-bond acceptors (Lipinski definition) is 0. The van der Waals surface area contributed by atoms with E-state index in [0.717, 1.165) is 0 Å². The zero-order valence-corrected chi connectivity index (χ0v) is 14.3. The Morgan fingerprint density at radius 1 is 0.400 bits per heavy atom. The van der Waals surface area contributed by atoms with Crippen molar-refractivity contribution in [2.75, 3.05) is 0 Å². The summed E-state index contributed by atoms with van der Waals surface area (Å²) in [6.45, 7) is 0.